The second kappa shape index (κ2) is 11.5. The Hall–Kier alpha value is -2.87. The minimum Gasteiger partial charge on any atom is -0.350 e. The first-order valence-electron chi connectivity index (χ1n) is 12.2. The van der Waals surface area contributed by atoms with Gasteiger partial charge < -0.3 is 5.32 Å². The van der Waals surface area contributed by atoms with Crippen molar-refractivity contribution in [1.29, 1.82) is 0 Å². The van der Waals surface area contributed by atoms with Crippen LogP contribution in [0.1, 0.15) is 35.1 Å². The average Bonchev–Trinajstić information content (AvgIpc) is 3.37. The van der Waals surface area contributed by atoms with Crippen LogP contribution in [0, 0.1) is 13.8 Å². The molecule has 8 heteroatoms. The Kier molecular flexibility index (Phi) is 8.34. The van der Waals surface area contributed by atoms with Crippen molar-refractivity contribution in [2.75, 3.05) is 23.9 Å². The van der Waals surface area contributed by atoms with Crippen LogP contribution in [0.4, 0.5) is 5.69 Å². The number of halogens is 1. The summed E-state index contributed by atoms with van der Waals surface area (Å²) in [6.07, 6.45) is 2.43. The Balaban J connectivity index is 1.54. The predicted molar refractivity (Wildman–Crippen MR) is 145 cm³/mol. The molecule has 1 N–H and O–H groups in total. The number of sulfonamides is 1. The van der Waals surface area contributed by atoms with Gasteiger partial charge in [0.2, 0.25) is 5.91 Å². The lowest BCUT2D eigenvalue weighted by Crippen LogP contribution is -2.40. The lowest BCUT2D eigenvalue weighted by molar-refractivity contribution is -0.119. The molecule has 0 radical (unpaired) electrons. The van der Waals surface area contributed by atoms with Gasteiger partial charge in [-0.2, -0.15) is 0 Å². The van der Waals surface area contributed by atoms with Crippen LogP contribution in [0.15, 0.2) is 71.6 Å². The number of carbonyl (C=O) groups is 1. The molecule has 3 aromatic rings. The third-order valence-corrected chi connectivity index (χ3v) is 8.72. The Labute approximate surface area is 218 Å². The summed E-state index contributed by atoms with van der Waals surface area (Å²) in [5, 5.41) is 3.36. The highest BCUT2D eigenvalue weighted by Gasteiger charge is 2.27. The summed E-state index contributed by atoms with van der Waals surface area (Å²) in [5.74, 6) is -0.390. The highest BCUT2D eigenvalue weighted by atomic mass is 35.5. The number of hydrogen-bond donors (Lipinski definition) is 1. The van der Waals surface area contributed by atoms with E-state index in [1.807, 2.05) is 32.0 Å². The Morgan fingerprint density at radius 2 is 1.64 bits per heavy atom. The summed E-state index contributed by atoms with van der Waals surface area (Å²) < 4.78 is 28.3. The standard InChI is InChI=1S/C28H32ClN3O3S/c1-21-9-13-26(14-10-21)36(34,35)32(25-12-11-22(2)27(29)17-25)20-28(33)30-18-23-7-3-4-8-24(23)19-31-15-5-6-16-31/h3-4,7-14,17H,5-6,15-16,18-20H2,1-2H3,(H,30,33). The van der Waals surface area contributed by atoms with Gasteiger partial charge in [0.1, 0.15) is 6.54 Å². The van der Waals surface area contributed by atoms with Crippen molar-refractivity contribution in [2.24, 2.45) is 0 Å². The molecule has 1 amide bonds. The second-order valence-electron chi connectivity index (χ2n) is 9.29. The fourth-order valence-electron chi connectivity index (χ4n) is 4.34. The van der Waals surface area contributed by atoms with E-state index in [1.54, 1.807) is 42.5 Å². The fourth-order valence-corrected chi connectivity index (χ4v) is 5.92. The average molecular weight is 526 g/mol. The number of aryl methyl sites for hydroxylation is 2. The molecule has 0 unspecified atom stereocenters. The van der Waals surface area contributed by atoms with Gasteiger partial charge in [0.05, 0.1) is 10.6 Å². The Bertz CT molecular complexity index is 1320. The van der Waals surface area contributed by atoms with Crippen molar-refractivity contribution >= 4 is 33.2 Å². The molecule has 36 heavy (non-hydrogen) atoms. The normalized spacial score (nSPS) is 14.1. The maximum atomic E-state index is 13.6. The van der Waals surface area contributed by atoms with Gasteiger partial charge >= 0.3 is 0 Å². The number of nitrogens with zero attached hydrogens (tertiary/aromatic N) is 2. The molecular weight excluding hydrogens is 494 g/mol. The minimum absolute atomic E-state index is 0.119. The quantitative estimate of drug-likeness (QED) is 0.424. The van der Waals surface area contributed by atoms with Crippen molar-refractivity contribution in [1.82, 2.24) is 10.2 Å². The number of anilines is 1. The van der Waals surface area contributed by atoms with Crippen LogP contribution in [-0.4, -0.2) is 38.9 Å². The molecule has 0 atom stereocenters. The maximum Gasteiger partial charge on any atom is 0.264 e. The largest absolute Gasteiger partial charge is 0.350 e. The monoisotopic (exact) mass is 525 g/mol. The molecule has 190 valence electrons. The number of carbonyl (C=O) groups excluding carboxylic acids is 1. The predicted octanol–water partition coefficient (Wildman–Crippen LogP) is 5.06. The van der Waals surface area contributed by atoms with E-state index in [4.69, 9.17) is 11.6 Å². The SMILES string of the molecule is Cc1ccc(S(=O)(=O)N(CC(=O)NCc2ccccc2CN2CCCC2)c2ccc(C)c(Cl)c2)cc1. The van der Waals surface area contributed by atoms with Gasteiger partial charge in [-0.25, -0.2) is 8.42 Å². The Morgan fingerprint density at radius 3 is 2.31 bits per heavy atom. The van der Waals surface area contributed by atoms with Gasteiger partial charge in [0.25, 0.3) is 10.0 Å². The third-order valence-electron chi connectivity index (χ3n) is 6.53. The van der Waals surface area contributed by atoms with E-state index >= 15 is 0 Å². The van der Waals surface area contributed by atoms with Crippen LogP contribution in [0.2, 0.25) is 5.02 Å². The molecule has 0 spiro atoms. The highest BCUT2D eigenvalue weighted by Crippen LogP contribution is 2.28. The van der Waals surface area contributed by atoms with Crippen molar-refractivity contribution in [3.63, 3.8) is 0 Å². The van der Waals surface area contributed by atoms with E-state index in [0.717, 1.165) is 40.6 Å². The topological polar surface area (TPSA) is 69.7 Å². The first kappa shape index (κ1) is 26.2. The number of rotatable bonds is 9. The van der Waals surface area contributed by atoms with E-state index in [1.165, 1.54) is 18.4 Å². The number of benzene rings is 3. The molecule has 6 nitrogen and oxygen atoms in total. The zero-order chi connectivity index (χ0) is 25.7. The van der Waals surface area contributed by atoms with Gasteiger partial charge in [0.15, 0.2) is 0 Å². The second-order valence-corrected chi connectivity index (χ2v) is 11.6. The van der Waals surface area contributed by atoms with Gasteiger partial charge in [-0.1, -0.05) is 59.6 Å². The number of hydrogen-bond acceptors (Lipinski definition) is 4. The van der Waals surface area contributed by atoms with E-state index in [0.29, 0.717) is 17.3 Å². The van der Waals surface area contributed by atoms with Crippen LogP contribution in [-0.2, 0) is 27.9 Å². The van der Waals surface area contributed by atoms with Crippen molar-refractivity contribution in [2.45, 2.75) is 44.7 Å². The van der Waals surface area contributed by atoms with Crippen molar-refractivity contribution in [3.8, 4) is 0 Å². The van der Waals surface area contributed by atoms with E-state index in [9.17, 15) is 13.2 Å². The molecular formula is C28H32ClN3O3S. The molecule has 1 saturated heterocycles. The van der Waals surface area contributed by atoms with Crippen LogP contribution >= 0.6 is 11.6 Å². The van der Waals surface area contributed by atoms with E-state index in [-0.39, 0.29) is 11.4 Å². The third kappa shape index (κ3) is 6.27. The molecule has 1 aliphatic rings. The van der Waals surface area contributed by atoms with Crippen LogP contribution in [0.25, 0.3) is 0 Å². The van der Waals surface area contributed by atoms with Crippen molar-refractivity contribution < 1.29 is 13.2 Å². The zero-order valence-electron chi connectivity index (χ0n) is 20.7. The zero-order valence-corrected chi connectivity index (χ0v) is 22.3. The van der Waals surface area contributed by atoms with Gasteiger partial charge in [-0.3, -0.25) is 14.0 Å². The first-order chi connectivity index (χ1) is 17.2. The van der Waals surface area contributed by atoms with Crippen LogP contribution < -0.4 is 9.62 Å². The summed E-state index contributed by atoms with van der Waals surface area (Å²) in [6, 6.07) is 19.7. The minimum atomic E-state index is -4.00. The summed E-state index contributed by atoms with van der Waals surface area (Å²) in [5.41, 5.74) is 4.32. The lowest BCUT2D eigenvalue weighted by atomic mass is 10.1. The number of nitrogens with one attached hydrogen (secondary N) is 1. The lowest BCUT2D eigenvalue weighted by Gasteiger charge is -2.25. The molecule has 4 rings (SSSR count). The molecule has 0 bridgehead atoms. The van der Waals surface area contributed by atoms with E-state index in [2.05, 4.69) is 16.3 Å². The molecule has 0 saturated carbocycles. The van der Waals surface area contributed by atoms with Gasteiger partial charge in [-0.15, -0.1) is 0 Å². The molecule has 1 heterocycles. The highest BCUT2D eigenvalue weighted by molar-refractivity contribution is 7.92. The smallest absolute Gasteiger partial charge is 0.264 e. The molecule has 0 aromatic heterocycles. The number of likely N-dealkylation sites (tertiary alicyclic amines) is 1. The van der Waals surface area contributed by atoms with E-state index < -0.39 is 15.9 Å². The summed E-state index contributed by atoms with van der Waals surface area (Å²) in [6.45, 7) is 6.74. The van der Waals surface area contributed by atoms with Gasteiger partial charge in [-0.05, 0) is 80.7 Å². The maximum absolute atomic E-state index is 13.6. The van der Waals surface area contributed by atoms with Crippen LogP contribution in [0.5, 0.6) is 0 Å². The van der Waals surface area contributed by atoms with Gasteiger partial charge in [0, 0.05) is 18.1 Å². The molecule has 1 aliphatic heterocycles. The van der Waals surface area contributed by atoms with Crippen LogP contribution in [0.3, 0.4) is 0 Å². The number of amides is 1. The Morgan fingerprint density at radius 1 is 0.972 bits per heavy atom. The summed E-state index contributed by atoms with van der Waals surface area (Å²) in [7, 11) is -4.00. The molecule has 3 aromatic carbocycles. The summed E-state index contributed by atoms with van der Waals surface area (Å²) >= 11 is 6.31. The van der Waals surface area contributed by atoms with Crippen molar-refractivity contribution in [3.05, 3.63) is 94.0 Å². The summed E-state index contributed by atoms with van der Waals surface area (Å²) in [4.78, 5) is 15.6. The molecule has 0 aliphatic carbocycles. The first-order valence-corrected chi connectivity index (χ1v) is 14.0. The fraction of sp³-hybridized carbons (Fsp3) is 0.321. The molecule has 1 fully saturated rings.